The van der Waals surface area contributed by atoms with Gasteiger partial charge in [0.05, 0.1) is 5.75 Å². The number of anilines is 1. The maximum Gasteiger partial charge on any atom is 0.334 e. The number of fused-ring (bicyclic) bond motifs is 1. The minimum Gasteiger partial charge on any atom is -0.479 e. The highest BCUT2D eigenvalue weighted by molar-refractivity contribution is 8.00. The first-order valence-corrected chi connectivity index (χ1v) is 10.5. The minimum absolute atomic E-state index is 0.0567. The van der Waals surface area contributed by atoms with Crippen molar-refractivity contribution in [3.05, 3.63) is 11.1 Å². The van der Waals surface area contributed by atoms with Crippen molar-refractivity contribution in [2.45, 2.75) is 31.3 Å². The number of thiazole rings is 1. The molecule has 4 N–H and O–H groups in total. The first-order chi connectivity index (χ1) is 13.7. The smallest absolute Gasteiger partial charge is 0.334 e. The zero-order chi connectivity index (χ0) is 21.3. The van der Waals surface area contributed by atoms with Crippen LogP contribution in [-0.4, -0.2) is 74.1 Å². The first-order valence-electron chi connectivity index (χ1n) is 8.62. The molecule has 0 bridgehead atoms. The quantitative estimate of drug-likeness (QED) is 0.219. The molecule has 1 aromatic heterocycles. The summed E-state index contributed by atoms with van der Waals surface area (Å²) in [6.07, 6.45) is 0. The summed E-state index contributed by atoms with van der Waals surface area (Å²) in [5.74, 6) is -3.17. The Morgan fingerprint density at radius 1 is 1.48 bits per heavy atom. The summed E-state index contributed by atoms with van der Waals surface area (Å²) >= 11 is 2.22. The second-order valence-electron chi connectivity index (χ2n) is 6.81. The number of hydrogen-bond donors (Lipinski definition) is 3. The molecule has 2 unspecified atom stereocenters. The van der Waals surface area contributed by atoms with E-state index in [1.807, 2.05) is 13.8 Å². The fourth-order valence-corrected chi connectivity index (χ4v) is 4.59. The number of nitrogen functional groups attached to an aromatic ring is 1. The number of Topliss-reactive ketones (excluding diaryl/α,β-unsaturated/α-hetero) is 1. The normalized spacial score (nSPS) is 24.2. The molecular weight excluding hydrogens is 422 g/mol. The molecule has 11 nitrogen and oxygen atoms in total. The topological polar surface area (TPSA) is 164 Å². The molecule has 2 saturated heterocycles. The number of oxime groups is 1. The highest BCUT2D eigenvalue weighted by Crippen LogP contribution is 2.36. The Morgan fingerprint density at radius 2 is 2.21 bits per heavy atom. The number of ketones is 1. The summed E-state index contributed by atoms with van der Waals surface area (Å²) in [5, 5.41) is 16.8. The van der Waals surface area contributed by atoms with Gasteiger partial charge in [-0.2, -0.15) is 0 Å². The molecule has 0 saturated carbocycles. The number of β-lactam (4-membered cyclic amide) rings is 1. The average Bonchev–Trinajstić information content (AvgIpc) is 3.08. The van der Waals surface area contributed by atoms with Crippen LogP contribution in [0.15, 0.2) is 10.5 Å². The van der Waals surface area contributed by atoms with E-state index in [4.69, 9.17) is 10.6 Å². The minimum atomic E-state index is -1.53. The van der Waals surface area contributed by atoms with Crippen LogP contribution in [0.25, 0.3) is 0 Å². The lowest BCUT2D eigenvalue weighted by Crippen LogP contribution is -2.76. The van der Waals surface area contributed by atoms with Gasteiger partial charge in [0.25, 0.3) is 5.91 Å². The highest BCUT2D eigenvalue weighted by atomic mass is 32.2. The van der Waals surface area contributed by atoms with Gasteiger partial charge in [-0.3, -0.25) is 14.4 Å². The Kier molecular flexibility index (Phi) is 6.07. The Balaban J connectivity index is 1.75. The number of hydrogen-bond acceptors (Lipinski definition) is 10. The summed E-state index contributed by atoms with van der Waals surface area (Å²) in [6, 6.07) is -2.50. The first kappa shape index (κ1) is 21.0. The molecule has 29 heavy (non-hydrogen) atoms. The van der Waals surface area contributed by atoms with Crippen molar-refractivity contribution >= 4 is 57.5 Å². The molecule has 2 aliphatic rings. The maximum atomic E-state index is 12.8. The van der Waals surface area contributed by atoms with Gasteiger partial charge in [0, 0.05) is 5.38 Å². The molecule has 0 aliphatic carbocycles. The van der Waals surface area contributed by atoms with E-state index in [0.29, 0.717) is 0 Å². The molecule has 2 amide bonds. The highest BCUT2D eigenvalue weighted by Gasteiger charge is 2.58. The lowest BCUT2D eigenvalue weighted by molar-refractivity contribution is -0.165. The average molecular weight is 441 g/mol. The standard InChI is InChI=1S/C16H19N5O6S2/c1-6(2)3-27-20-9(7-4-29-16(17)18-7)12(23)19-10-13(24)21-11(15(25)26)8(22)5-28-14(10)21/h4,6,10-11,14H,3,5H2,1-2H3,(H2,17,18)(H,19,23)(H,25,26)/t10?,11?,14-/m0/s1. The van der Waals surface area contributed by atoms with Gasteiger partial charge in [-0.25, -0.2) is 9.78 Å². The van der Waals surface area contributed by atoms with Gasteiger partial charge in [-0.05, 0) is 5.92 Å². The van der Waals surface area contributed by atoms with Crippen molar-refractivity contribution in [1.29, 1.82) is 0 Å². The number of carboxylic acid groups (broad SMARTS) is 1. The largest absolute Gasteiger partial charge is 0.479 e. The molecule has 156 valence electrons. The predicted octanol–water partition coefficient (Wildman–Crippen LogP) is -0.476. The van der Waals surface area contributed by atoms with Crippen LogP contribution >= 0.6 is 23.1 Å². The van der Waals surface area contributed by atoms with E-state index >= 15 is 0 Å². The summed E-state index contributed by atoms with van der Waals surface area (Å²) in [6.45, 7) is 4.10. The van der Waals surface area contributed by atoms with Crippen molar-refractivity contribution < 1.29 is 29.1 Å². The molecule has 0 aromatic carbocycles. The van der Waals surface area contributed by atoms with Crippen LogP contribution in [-0.2, 0) is 24.0 Å². The second kappa shape index (κ2) is 8.37. The molecule has 2 aliphatic heterocycles. The number of rotatable bonds is 7. The van der Waals surface area contributed by atoms with Crippen molar-refractivity contribution in [2.75, 3.05) is 18.1 Å². The molecule has 2 fully saturated rings. The molecular formula is C16H19N5O6S2. The number of amides is 2. The lowest BCUT2D eigenvalue weighted by Gasteiger charge is -2.50. The van der Waals surface area contributed by atoms with Crippen LogP contribution in [0.3, 0.4) is 0 Å². The van der Waals surface area contributed by atoms with E-state index in [0.717, 1.165) is 28.0 Å². The van der Waals surface area contributed by atoms with Crippen molar-refractivity contribution in [1.82, 2.24) is 15.2 Å². The van der Waals surface area contributed by atoms with E-state index in [1.165, 1.54) is 5.38 Å². The maximum absolute atomic E-state index is 12.8. The van der Waals surface area contributed by atoms with Crippen LogP contribution < -0.4 is 11.1 Å². The number of nitrogens with two attached hydrogens (primary N) is 1. The summed E-state index contributed by atoms with van der Waals surface area (Å²) in [5.41, 5.74) is 5.69. The van der Waals surface area contributed by atoms with Crippen LogP contribution in [0, 0.1) is 5.92 Å². The Hall–Kier alpha value is -2.67. The van der Waals surface area contributed by atoms with Crippen LogP contribution in [0.2, 0.25) is 0 Å². The van der Waals surface area contributed by atoms with Gasteiger partial charge in [-0.15, -0.1) is 23.1 Å². The molecule has 3 heterocycles. The third kappa shape index (κ3) is 4.19. The number of nitrogens with one attached hydrogen (secondary N) is 1. The van der Waals surface area contributed by atoms with Crippen molar-refractivity contribution in [2.24, 2.45) is 11.1 Å². The number of aliphatic carboxylic acids is 1. The second-order valence-corrected chi connectivity index (χ2v) is 8.80. The van der Waals surface area contributed by atoms with Crippen molar-refractivity contribution in [3.63, 3.8) is 0 Å². The lowest BCUT2D eigenvalue weighted by atomic mass is 10.00. The zero-order valence-corrected chi connectivity index (χ0v) is 17.2. The Bertz CT molecular complexity index is 885. The summed E-state index contributed by atoms with van der Waals surface area (Å²) in [4.78, 5) is 58.6. The summed E-state index contributed by atoms with van der Waals surface area (Å²) < 4.78 is 0. The number of thioether (sulfide) groups is 1. The van der Waals surface area contributed by atoms with Gasteiger partial charge < -0.3 is 25.9 Å². The Morgan fingerprint density at radius 3 is 2.79 bits per heavy atom. The molecule has 0 spiro atoms. The third-order valence-corrected chi connectivity index (χ3v) is 6.09. The van der Waals surface area contributed by atoms with Crippen LogP contribution in [0.5, 0.6) is 0 Å². The van der Waals surface area contributed by atoms with Gasteiger partial charge in [0.2, 0.25) is 5.91 Å². The van der Waals surface area contributed by atoms with E-state index in [9.17, 15) is 24.3 Å². The fraction of sp³-hybridized carbons (Fsp3) is 0.500. The van der Waals surface area contributed by atoms with E-state index in [1.54, 1.807) is 0 Å². The van der Waals surface area contributed by atoms with Gasteiger partial charge in [-0.1, -0.05) is 19.0 Å². The van der Waals surface area contributed by atoms with E-state index in [-0.39, 0.29) is 34.8 Å². The molecule has 3 atom stereocenters. The number of carboxylic acids is 1. The molecule has 1 aromatic rings. The summed E-state index contributed by atoms with van der Waals surface area (Å²) in [7, 11) is 0. The molecule has 13 heteroatoms. The number of nitrogens with zero attached hydrogens (tertiary/aromatic N) is 3. The predicted molar refractivity (Wildman–Crippen MR) is 105 cm³/mol. The van der Waals surface area contributed by atoms with Crippen LogP contribution in [0.1, 0.15) is 19.5 Å². The monoisotopic (exact) mass is 441 g/mol. The van der Waals surface area contributed by atoms with Gasteiger partial charge >= 0.3 is 5.97 Å². The molecule has 3 rings (SSSR count). The number of aromatic nitrogens is 1. The van der Waals surface area contributed by atoms with Gasteiger partial charge in [0.1, 0.15) is 23.7 Å². The fourth-order valence-electron chi connectivity index (χ4n) is 2.79. The van der Waals surface area contributed by atoms with Crippen molar-refractivity contribution in [3.8, 4) is 0 Å². The molecule has 0 radical (unpaired) electrons. The SMILES string of the molecule is CC(C)CON=C(C(=O)NC1C(=O)N2C(C(=O)O)C(=O)CS[C@@H]12)c1csc(N)n1. The van der Waals surface area contributed by atoms with E-state index in [2.05, 4.69) is 15.5 Å². The van der Waals surface area contributed by atoms with E-state index < -0.39 is 41.0 Å². The van der Waals surface area contributed by atoms with Crippen LogP contribution in [0.4, 0.5) is 5.13 Å². The number of carbonyl (C=O) groups is 4. The third-order valence-electron chi connectivity index (χ3n) is 4.12. The zero-order valence-electron chi connectivity index (χ0n) is 15.5. The Labute approximate surface area is 173 Å². The number of carbonyl (C=O) groups excluding carboxylic acids is 3. The van der Waals surface area contributed by atoms with Gasteiger partial charge in [0.15, 0.2) is 22.7 Å².